The molecule has 1 aliphatic heterocycles. The van der Waals surface area contributed by atoms with Gasteiger partial charge < -0.3 is 20.1 Å². The lowest BCUT2D eigenvalue weighted by Crippen LogP contribution is -2.63. The average molecular weight is 602 g/mol. The molecule has 3 amide bonds. The second kappa shape index (κ2) is 15.0. The third kappa shape index (κ3) is 8.59. The highest BCUT2D eigenvalue weighted by molar-refractivity contribution is 6.30. The maximum Gasteiger partial charge on any atom is 0.318 e. The summed E-state index contributed by atoms with van der Waals surface area (Å²) < 4.78 is 2.05. The fourth-order valence-corrected chi connectivity index (χ4v) is 6.22. The first-order valence-electron chi connectivity index (χ1n) is 15.3. The molecule has 0 radical (unpaired) electrons. The molecule has 1 saturated heterocycles. The molecule has 226 valence electrons. The van der Waals surface area contributed by atoms with Gasteiger partial charge in [0.25, 0.3) is 0 Å². The molecule has 2 fully saturated rings. The Morgan fingerprint density at radius 2 is 1.84 bits per heavy atom. The molecule has 1 atom stereocenters. The van der Waals surface area contributed by atoms with Crippen molar-refractivity contribution < 1.29 is 9.59 Å². The van der Waals surface area contributed by atoms with E-state index in [9.17, 15) is 9.59 Å². The number of amides is 3. The van der Waals surface area contributed by atoms with Gasteiger partial charge in [0.15, 0.2) is 0 Å². The zero-order valence-corrected chi connectivity index (χ0v) is 25.3. The highest BCUT2D eigenvalue weighted by Crippen LogP contribution is 2.19. The van der Waals surface area contributed by atoms with Crippen molar-refractivity contribution in [2.45, 2.75) is 63.6 Å². The van der Waals surface area contributed by atoms with Crippen LogP contribution in [0.2, 0.25) is 5.02 Å². The SMILES string of the molecule is N#Cc1ccc(Cn2cncc2CCNC(=O)C2CN(CCc3cccc(Cl)c3)CCN2C(=O)NC2CCCCC2)cc1. The number of imidazole rings is 1. The van der Waals surface area contributed by atoms with E-state index in [1.165, 1.54) is 6.42 Å². The molecule has 5 rings (SSSR count). The molecule has 10 heteroatoms. The molecule has 1 aliphatic carbocycles. The van der Waals surface area contributed by atoms with Crippen molar-refractivity contribution in [3.8, 4) is 6.07 Å². The van der Waals surface area contributed by atoms with Crippen molar-refractivity contribution in [1.82, 2.24) is 30.0 Å². The number of rotatable bonds is 10. The number of carbonyl (C=O) groups excluding carboxylic acids is 2. The number of piperazine rings is 1. The third-order valence-corrected chi connectivity index (χ3v) is 8.72. The van der Waals surface area contributed by atoms with Gasteiger partial charge in [-0.2, -0.15) is 5.26 Å². The molecule has 9 nitrogen and oxygen atoms in total. The number of hydrogen-bond donors (Lipinski definition) is 2. The van der Waals surface area contributed by atoms with Crippen LogP contribution >= 0.6 is 11.6 Å². The summed E-state index contributed by atoms with van der Waals surface area (Å²) >= 11 is 6.18. The molecule has 1 unspecified atom stereocenters. The molecule has 1 saturated carbocycles. The molecule has 3 aromatic rings. The van der Waals surface area contributed by atoms with Crippen molar-refractivity contribution in [1.29, 1.82) is 5.26 Å². The van der Waals surface area contributed by atoms with Gasteiger partial charge in [-0.3, -0.25) is 9.69 Å². The second-order valence-corrected chi connectivity index (χ2v) is 12.0. The molecule has 2 aromatic carbocycles. The molecule has 2 heterocycles. The number of halogens is 1. The van der Waals surface area contributed by atoms with E-state index in [0.29, 0.717) is 38.2 Å². The molecule has 2 aliphatic rings. The summed E-state index contributed by atoms with van der Waals surface area (Å²) in [6.07, 6.45) is 10.5. The van der Waals surface area contributed by atoms with Crippen LogP contribution in [0, 0.1) is 11.3 Å². The van der Waals surface area contributed by atoms with Crippen molar-refractivity contribution in [3.63, 3.8) is 0 Å². The summed E-state index contributed by atoms with van der Waals surface area (Å²) in [4.78, 5) is 35.3. The van der Waals surface area contributed by atoms with Crippen LogP contribution in [0.5, 0.6) is 0 Å². The number of aromatic nitrogens is 2. The van der Waals surface area contributed by atoms with Crippen LogP contribution in [0.25, 0.3) is 0 Å². The van der Waals surface area contributed by atoms with Crippen LogP contribution in [0.1, 0.15) is 54.5 Å². The fraction of sp³-hybridized carbons (Fsp3) is 0.455. The minimum Gasteiger partial charge on any atom is -0.354 e. The van der Waals surface area contributed by atoms with Crippen LogP contribution in [-0.2, 0) is 24.2 Å². The van der Waals surface area contributed by atoms with E-state index in [-0.39, 0.29) is 18.0 Å². The van der Waals surface area contributed by atoms with Crippen LogP contribution in [-0.4, -0.2) is 76.1 Å². The van der Waals surface area contributed by atoms with Crippen molar-refractivity contribution >= 4 is 23.5 Å². The van der Waals surface area contributed by atoms with E-state index < -0.39 is 6.04 Å². The van der Waals surface area contributed by atoms with Gasteiger partial charge in [-0.1, -0.05) is 55.1 Å². The lowest BCUT2D eigenvalue weighted by molar-refractivity contribution is -0.127. The number of hydrogen-bond acceptors (Lipinski definition) is 5. The Balaban J connectivity index is 1.19. The highest BCUT2D eigenvalue weighted by atomic mass is 35.5. The topological polar surface area (TPSA) is 106 Å². The monoisotopic (exact) mass is 601 g/mol. The number of urea groups is 1. The average Bonchev–Trinajstić information content (AvgIpc) is 3.47. The van der Waals surface area contributed by atoms with Crippen molar-refractivity contribution in [2.24, 2.45) is 0 Å². The van der Waals surface area contributed by atoms with Crippen LogP contribution in [0.15, 0.2) is 61.1 Å². The maximum absolute atomic E-state index is 13.6. The quantitative estimate of drug-likeness (QED) is 0.359. The standard InChI is InChI=1S/C33H40ClN7O2/c34-28-6-4-5-25(19-28)14-16-39-17-18-41(33(43)38-29-7-2-1-3-8-29)31(23-39)32(42)37-15-13-30-21-36-24-40(30)22-27-11-9-26(20-35)10-12-27/h4-6,9-12,19,21,24,29,31H,1-3,7-8,13-18,22-23H2,(H,37,42)(H,38,43). The van der Waals surface area contributed by atoms with E-state index in [4.69, 9.17) is 16.9 Å². The summed E-state index contributed by atoms with van der Waals surface area (Å²) in [5.41, 5.74) is 3.86. The summed E-state index contributed by atoms with van der Waals surface area (Å²) in [6, 6.07) is 17.0. The predicted molar refractivity (Wildman–Crippen MR) is 167 cm³/mol. The van der Waals surface area contributed by atoms with E-state index in [2.05, 4.69) is 37.2 Å². The zero-order chi connectivity index (χ0) is 30.0. The summed E-state index contributed by atoms with van der Waals surface area (Å²) in [6.45, 7) is 3.57. The second-order valence-electron chi connectivity index (χ2n) is 11.5. The smallest absolute Gasteiger partial charge is 0.318 e. The Labute approximate surface area is 258 Å². The number of benzene rings is 2. The molecular formula is C33H40ClN7O2. The Morgan fingerprint density at radius 1 is 1.02 bits per heavy atom. The van der Waals surface area contributed by atoms with Gasteiger partial charge >= 0.3 is 6.03 Å². The Kier molecular flexibility index (Phi) is 10.7. The van der Waals surface area contributed by atoms with Gasteiger partial charge in [-0.05, 0) is 54.7 Å². The van der Waals surface area contributed by atoms with Gasteiger partial charge in [0, 0.05) is 68.6 Å². The number of nitrogens with one attached hydrogen (secondary N) is 2. The van der Waals surface area contributed by atoms with Crippen molar-refractivity contribution in [2.75, 3.05) is 32.7 Å². The first-order chi connectivity index (χ1) is 21.0. The lowest BCUT2D eigenvalue weighted by Gasteiger charge is -2.41. The minimum absolute atomic E-state index is 0.135. The molecule has 2 N–H and O–H groups in total. The first kappa shape index (κ1) is 30.6. The molecule has 0 spiro atoms. The number of nitrogens with zero attached hydrogens (tertiary/aromatic N) is 5. The van der Waals surface area contributed by atoms with Gasteiger partial charge in [-0.15, -0.1) is 0 Å². The maximum atomic E-state index is 13.6. The van der Waals surface area contributed by atoms with E-state index in [1.54, 1.807) is 11.2 Å². The lowest BCUT2D eigenvalue weighted by atomic mass is 9.95. The predicted octanol–water partition coefficient (Wildman–Crippen LogP) is 4.39. The number of nitriles is 1. The van der Waals surface area contributed by atoms with Crippen LogP contribution < -0.4 is 10.6 Å². The highest BCUT2D eigenvalue weighted by Gasteiger charge is 2.36. The first-order valence-corrected chi connectivity index (χ1v) is 15.7. The molecule has 43 heavy (non-hydrogen) atoms. The zero-order valence-electron chi connectivity index (χ0n) is 24.6. The van der Waals surface area contributed by atoms with Crippen LogP contribution in [0.4, 0.5) is 4.79 Å². The molecule has 0 bridgehead atoms. The van der Waals surface area contributed by atoms with Gasteiger partial charge in [0.1, 0.15) is 6.04 Å². The largest absolute Gasteiger partial charge is 0.354 e. The van der Waals surface area contributed by atoms with Gasteiger partial charge in [0.2, 0.25) is 5.91 Å². The Bertz CT molecular complexity index is 1410. The minimum atomic E-state index is -0.569. The molecule has 1 aromatic heterocycles. The Hall–Kier alpha value is -3.87. The van der Waals surface area contributed by atoms with Gasteiger partial charge in [0.05, 0.1) is 18.0 Å². The summed E-state index contributed by atoms with van der Waals surface area (Å²) in [5.74, 6) is -0.135. The summed E-state index contributed by atoms with van der Waals surface area (Å²) in [5, 5.41) is 16.1. The van der Waals surface area contributed by atoms with E-state index in [1.807, 2.05) is 48.7 Å². The summed E-state index contributed by atoms with van der Waals surface area (Å²) in [7, 11) is 0. The fourth-order valence-electron chi connectivity index (χ4n) is 6.01. The number of carbonyl (C=O) groups is 2. The van der Waals surface area contributed by atoms with Crippen molar-refractivity contribution in [3.05, 3.63) is 88.5 Å². The third-order valence-electron chi connectivity index (χ3n) is 8.48. The van der Waals surface area contributed by atoms with Crippen LogP contribution in [0.3, 0.4) is 0 Å². The van der Waals surface area contributed by atoms with E-state index in [0.717, 1.165) is 67.0 Å². The van der Waals surface area contributed by atoms with E-state index >= 15 is 0 Å². The normalized spacial score (nSPS) is 17.8. The van der Waals surface area contributed by atoms with Gasteiger partial charge in [-0.25, -0.2) is 9.78 Å². The molecular weight excluding hydrogens is 562 g/mol. The Morgan fingerprint density at radius 3 is 2.60 bits per heavy atom.